The van der Waals surface area contributed by atoms with Crippen LogP contribution in [0.5, 0.6) is 0 Å². The van der Waals surface area contributed by atoms with Crippen LogP contribution in [0.3, 0.4) is 0 Å². The van der Waals surface area contributed by atoms with Crippen molar-refractivity contribution >= 4 is 29.1 Å². The summed E-state index contributed by atoms with van der Waals surface area (Å²) in [5.74, 6) is -0.523. The second-order valence-electron chi connectivity index (χ2n) is 12.5. The van der Waals surface area contributed by atoms with Crippen LogP contribution in [0.15, 0.2) is 77.9 Å². The van der Waals surface area contributed by atoms with Crippen LogP contribution in [0.1, 0.15) is 36.0 Å². The minimum Gasteiger partial charge on any atom is -0.354 e. The minimum absolute atomic E-state index is 0.00327. The molecule has 2 fully saturated rings. The minimum atomic E-state index is -0.574. The van der Waals surface area contributed by atoms with Crippen LogP contribution in [0, 0.1) is 12.9 Å². The molecule has 0 radical (unpaired) electrons. The average molecular weight is 680 g/mol. The third kappa shape index (κ3) is 6.82. The Hall–Kier alpha value is -4.97. The molecule has 2 aliphatic rings. The van der Waals surface area contributed by atoms with Gasteiger partial charge in [0.1, 0.15) is 5.65 Å². The maximum atomic E-state index is 15.1. The smallest absolute Gasteiger partial charge is 0.262 e. The van der Waals surface area contributed by atoms with E-state index < -0.39 is 5.95 Å². The van der Waals surface area contributed by atoms with Crippen molar-refractivity contribution < 1.29 is 14.0 Å². The number of carbonyl (C=O) groups is 2. The summed E-state index contributed by atoms with van der Waals surface area (Å²) in [5, 5.41) is 12.6. The van der Waals surface area contributed by atoms with Gasteiger partial charge in [-0.3, -0.25) is 18.8 Å². The first kappa shape index (κ1) is 32.6. The van der Waals surface area contributed by atoms with Crippen molar-refractivity contribution in [2.45, 2.75) is 51.4 Å². The number of fused-ring (bicyclic) bond motifs is 1. The lowest BCUT2D eigenvalue weighted by Crippen LogP contribution is -2.35. The highest BCUT2D eigenvalue weighted by Crippen LogP contribution is 2.39. The number of rotatable bonds is 10. The van der Waals surface area contributed by atoms with Crippen LogP contribution in [0.2, 0.25) is 5.02 Å². The van der Waals surface area contributed by atoms with Crippen LogP contribution < -0.4 is 26.8 Å². The largest absolute Gasteiger partial charge is 0.354 e. The molecule has 2 amide bonds. The average Bonchev–Trinajstić information content (AvgIpc) is 3.72. The molecular formula is C37H35ClFN7O3. The van der Waals surface area contributed by atoms with Gasteiger partial charge in [-0.05, 0) is 53.8 Å². The van der Waals surface area contributed by atoms with E-state index in [1.807, 2.05) is 55.5 Å². The lowest BCUT2D eigenvalue weighted by Gasteiger charge is -2.16. The predicted octanol–water partition coefficient (Wildman–Crippen LogP) is 4.54. The molecule has 0 spiro atoms. The van der Waals surface area contributed by atoms with Gasteiger partial charge in [0.05, 0.1) is 16.3 Å². The van der Waals surface area contributed by atoms with Crippen LogP contribution in [-0.4, -0.2) is 51.4 Å². The summed E-state index contributed by atoms with van der Waals surface area (Å²) in [4.78, 5) is 45.0. The van der Waals surface area contributed by atoms with Crippen LogP contribution in [0.25, 0.3) is 39.2 Å². The molecule has 2 atom stereocenters. The topological polar surface area (TPSA) is 130 Å². The van der Waals surface area contributed by atoms with Gasteiger partial charge in [-0.1, -0.05) is 54.1 Å². The predicted molar refractivity (Wildman–Crippen MR) is 186 cm³/mol. The maximum Gasteiger partial charge on any atom is 0.262 e. The molecule has 4 N–H and O–H groups in total. The number of hydrogen-bond donors (Lipinski definition) is 4. The number of pyridine rings is 2. The number of nitrogens with zero attached hydrogens (tertiary/aromatic N) is 3. The first-order valence-corrected chi connectivity index (χ1v) is 16.7. The molecule has 2 aliphatic heterocycles. The third-order valence-corrected chi connectivity index (χ3v) is 9.67. The molecule has 0 bridgehead atoms. The SMILES string of the molecule is Cc1c(-c2ccn3c(=O)c(CN[C@@H]4CNC(=O)C4)cnc3c2)cccc1-c1cccc(-c2ccc(CNC[C@@H]3CCC(=O)N3)c(F)n2)c1Cl. The highest BCUT2D eigenvalue weighted by Gasteiger charge is 2.22. The molecule has 0 unspecified atom stereocenters. The lowest BCUT2D eigenvalue weighted by atomic mass is 9.92. The molecule has 2 saturated heterocycles. The summed E-state index contributed by atoms with van der Waals surface area (Å²) in [6.07, 6.45) is 5.01. The van der Waals surface area contributed by atoms with Gasteiger partial charge in [0.2, 0.25) is 17.8 Å². The first-order chi connectivity index (χ1) is 23.7. The Morgan fingerprint density at radius 2 is 1.76 bits per heavy atom. The summed E-state index contributed by atoms with van der Waals surface area (Å²) in [6.45, 7) is 3.75. The monoisotopic (exact) mass is 679 g/mol. The standard InChI is InChI=1S/C37H35ClFN7O3/c1-21-27(22-12-13-46-32(14-22)42-18-24(37(46)49)17-41-26-15-34(48)43-20-26)4-2-5-28(21)29-6-3-7-30(35(29)38)31-10-8-23(36(39)45-31)16-40-19-25-9-11-33(47)44-25/h2-8,10,12-14,18,25-26,40-41H,9,11,15-17,19-20H2,1H3,(H,43,48)(H,44,47)/t25-,26-/m0/s1. The zero-order chi connectivity index (χ0) is 34.1. The Kier molecular flexibility index (Phi) is 9.22. The van der Waals surface area contributed by atoms with Crippen LogP contribution in [0.4, 0.5) is 4.39 Å². The molecule has 250 valence electrons. The van der Waals surface area contributed by atoms with E-state index in [0.717, 1.165) is 34.2 Å². The van der Waals surface area contributed by atoms with E-state index in [4.69, 9.17) is 11.6 Å². The maximum absolute atomic E-state index is 15.1. The van der Waals surface area contributed by atoms with E-state index in [0.29, 0.717) is 72.1 Å². The number of carbonyl (C=O) groups excluding carboxylic acids is 2. The van der Waals surface area contributed by atoms with E-state index >= 15 is 4.39 Å². The molecule has 2 aromatic carbocycles. The molecular weight excluding hydrogens is 645 g/mol. The van der Waals surface area contributed by atoms with Gasteiger partial charge >= 0.3 is 0 Å². The molecule has 5 aromatic rings. The Labute approximate surface area is 287 Å². The molecule has 12 heteroatoms. The quantitative estimate of drug-likeness (QED) is 0.160. The summed E-state index contributed by atoms with van der Waals surface area (Å²) >= 11 is 7.01. The molecule has 0 saturated carbocycles. The van der Waals surface area contributed by atoms with E-state index in [1.54, 1.807) is 24.5 Å². The zero-order valence-corrected chi connectivity index (χ0v) is 27.6. The summed E-state index contributed by atoms with van der Waals surface area (Å²) in [6, 6.07) is 18.9. The first-order valence-electron chi connectivity index (χ1n) is 16.3. The van der Waals surface area contributed by atoms with Gasteiger partial charge in [0.15, 0.2) is 0 Å². The van der Waals surface area contributed by atoms with Crippen molar-refractivity contribution in [3.8, 4) is 33.5 Å². The van der Waals surface area contributed by atoms with Crippen molar-refractivity contribution in [3.63, 3.8) is 0 Å². The van der Waals surface area contributed by atoms with Crippen molar-refractivity contribution in [1.82, 2.24) is 35.6 Å². The Morgan fingerprint density at radius 3 is 2.51 bits per heavy atom. The van der Waals surface area contributed by atoms with Crippen molar-refractivity contribution in [2.24, 2.45) is 0 Å². The van der Waals surface area contributed by atoms with Gasteiger partial charge in [0, 0.05) is 80.2 Å². The molecule has 5 heterocycles. The summed E-state index contributed by atoms with van der Waals surface area (Å²) in [5.41, 5.74) is 6.89. The van der Waals surface area contributed by atoms with Crippen molar-refractivity contribution in [3.05, 3.63) is 111 Å². The molecule has 0 aliphatic carbocycles. The fourth-order valence-corrected chi connectivity index (χ4v) is 6.86. The summed E-state index contributed by atoms with van der Waals surface area (Å²) in [7, 11) is 0. The van der Waals surface area contributed by atoms with Crippen LogP contribution in [-0.2, 0) is 22.7 Å². The van der Waals surface area contributed by atoms with Gasteiger partial charge in [-0.15, -0.1) is 0 Å². The van der Waals surface area contributed by atoms with E-state index in [-0.39, 0.29) is 29.5 Å². The van der Waals surface area contributed by atoms with E-state index in [2.05, 4.69) is 31.2 Å². The number of aromatic nitrogens is 3. The highest BCUT2D eigenvalue weighted by molar-refractivity contribution is 6.36. The molecule has 7 rings (SSSR count). The van der Waals surface area contributed by atoms with Gasteiger partial charge in [-0.2, -0.15) is 4.39 Å². The number of hydrogen-bond acceptors (Lipinski definition) is 7. The Bertz CT molecular complexity index is 2150. The lowest BCUT2D eigenvalue weighted by molar-refractivity contribution is -0.120. The zero-order valence-electron chi connectivity index (χ0n) is 26.9. The van der Waals surface area contributed by atoms with E-state index in [9.17, 15) is 14.4 Å². The number of benzene rings is 2. The fraction of sp³-hybridized carbons (Fsp3) is 0.270. The highest BCUT2D eigenvalue weighted by atomic mass is 35.5. The van der Waals surface area contributed by atoms with Gasteiger partial charge < -0.3 is 21.3 Å². The second-order valence-corrected chi connectivity index (χ2v) is 12.9. The number of halogens is 2. The Morgan fingerprint density at radius 1 is 0.959 bits per heavy atom. The number of amides is 2. The number of nitrogens with one attached hydrogen (secondary N) is 4. The Balaban J connectivity index is 1.11. The molecule has 49 heavy (non-hydrogen) atoms. The third-order valence-electron chi connectivity index (χ3n) is 9.27. The second kappa shape index (κ2) is 13.9. The van der Waals surface area contributed by atoms with Gasteiger partial charge in [0.25, 0.3) is 5.56 Å². The van der Waals surface area contributed by atoms with E-state index in [1.165, 1.54) is 4.40 Å². The molecule has 3 aromatic heterocycles. The normalized spacial score (nSPS) is 17.4. The fourth-order valence-electron chi connectivity index (χ4n) is 6.54. The van der Waals surface area contributed by atoms with Crippen molar-refractivity contribution in [2.75, 3.05) is 13.1 Å². The summed E-state index contributed by atoms with van der Waals surface area (Å²) < 4.78 is 16.7. The van der Waals surface area contributed by atoms with Gasteiger partial charge in [-0.25, -0.2) is 9.97 Å². The molecule has 10 nitrogen and oxygen atoms in total. The van der Waals surface area contributed by atoms with Crippen molar-refractivity contribution in [1.29, 1.82) is 0 Å². The van der Waals surface area contributed by atoms with Crippen LogP contribution >= 0.6 is 11.6 Å².